The van der Waals surface area contributed by atoms with Crippen LogP contribution in [0, 0.1) is 0 Å². The van der Waals surface area contributed by atoms with Gasteiger partial charge in [0.05, 0.1) is 15.6 Å². The molecule has 134 valence electrons. The summed E-state index contributed by atoms with van der Waals surface area (Å²) in [5, 5.41) is 4.83. The first-order valence-electron chi connectivity index (χ1n) is 7.69. The van der Waals surface area contributed by atoms with Gasteiger partial charge in [0.15, 0.2) is 0 Å². The zero-order valence-electron chi connectivity index (χ0n) is 13.1. The van der Waals surface area contributed by atoms with Gasteiger partial charge in [-0.3, -0.25) is 4.79 Å². The molecule has 0 saturated heterocycles. The van der Waals surface area contributed by atoms with E-state index in [0.29, 0.717) is 13.0 Å². The highest BCUT2D eigenvalue weighted by atomic mass is 35.5. The predicted molar refractivity (Wildman–Crippen MR) is 100 cm³/mol. The molecule has 2 aromatic rings. The van der Waals surface area contributed by atoms with Crippen molar-refractivity contribution in [1.29, 1.82) is 0 Å². The fourth-order valence-electron chi connectivity index (χ4n) is 2.24. The number of benzene rings is 1. The molecule has 1 fully saturated rings. The average molecular weight is 419 g/mol. The maximum absolute atomic E-state index is 12.4. The van der Waals surface area contributed by atoms with Gasteiger partial charge in [0.2, 0.25) is 10.0 Å². The van der Waals surface area contributed by atoms with E-state index in [2.05, 4.69) is 10.0 Å². The van der Waals surface area contributed by atoms with Gasteiger partial charge in [-0.25, -0.2) is 13.1 Å². The summed E-state index contributed by atoms with van der Waals surface area (Å²) in [7, 11) is -3.78. The summed E-state index contributed by atoms with van der Waals surface area (Å²) in [6, 6.07) is 6.40. The van der Waals surface area contributed by atoms with Crippen molar-refractivity contribution in [2.75, 3.05) is 6.54 Å². The van der Waals surface area contributed by atoms with Crippen LogP contribution in [0.3, 0.4) is 0 Å². The standard InChI is InChI=1S/C16H16Cl2N2O3S2/c17-13-9-14(18)15(25(22,23)20-10-3-4-10)8-12(13)16(21)19-6-5-11-2-1-7-24-11/h1-2,7-10,20H,3-6H2,(H,19,21). The Morgan fingerprint density at radius 2 is 2.00 bits per heavy atom. The fraction of sp³-hybridized carbons (Fsp3) is 0.312. The van der Waals surface area contributed by atoms with Gasteiger partial charge in [-0.1, -0.05) is 29.3 Å². The number of amides is 1. The number of carbonyl (C=O) groups is 1. The van der Waals surface area contributed by atoms with Crippen molar-refractivity contribution in [3.63, 3.8) is 0 Å². The molecule has 0 bridgehead atoms. The van der Waals surface area contributed by atoms with Crippen molar-refractivity contribution in [2.45, 2.75) is 30.2 Å². The summed E-state index contributed by atoms with van der Waals surface area (Å²) in [6.45, 7) is 0.431. The first-order chi connectivity index (χ1) is 11.9. The molecule has 25 heavy (non-hydrogen) atoms. The lowest BCUT2D eigenvalue weighted by molar-refractivity contribution is 0.0954. The first-order valence-corrected chi connectivity index (χ1v) is 10.8. The molecule has 0 unspecified atom stereocenters. The van der Waals surface area contributed by atoms with E-state index in [9.17, 15) is 13.2 Å². The van der Waals surface area contributed by atoms with E-state index in [0.717, 1.165) is 17.7 Å². The van der Waals surface area contributed by atoms with Gasteiger partial charge in [-0.05, 0) is 42.8 Å². The van der Waals surface area contributed by atoms with Crippen LogP contribution in [-0.2, 0) is 16.4 Å². The second-order valence-electron chi connectivity index (χ2n) is 5.74. The van der Waals surface area contributed by atoms with Crippen LogP contribution < -0.4 is 10.0 Å². The minimum Gasteiger partial charge on any atom is -0.352 e. The number of nitrogens with one attached hydrogen (secondary N) is 2. The molecule has 1 aliphatic carbocycles. The van der Waals surface area contributed by atoms with Crippen LogP contribution in [0.5, 0.6) is 0 Å². The lowest BCUT2D eigenvalue weighted by Gasteiger charge is -2.11. The van der Waals surface area contributed by atoms with E-state index in [1.165, 1.54) is 12.1 Å². The second-order valence-corrected chi connectivity index (χ2v) is 9.27. The van der Waals surface area contributed by atoms with Crippen molar-refractivity contribution in [2.24, 2.45) is 0 Å². The van der Waals surface area contributed by atoms with Gasteiger partial charge in [-0.2, -0.15) is 0 Å². The van der Waals surface area contributed by atoms with Gasteiger partial charge < -0.3 is 5.32 Å². The van der Waals surface area contributed by atoms with Crippen molar-refractivity contribution >= 4 is 50.5 Å². The van der Waals surface area contributed by atoms with Crippen molar-refractivity contribution < 1.29 is 13.2 Å². The average Bonchev–Trinajstić information content (AvgIpc) is 3.18. The second kappa shape index (κ2) is 7.63. The lowest BCUT2D eigenvalue weighted by atomic mass is 10.2. The Balaban J connectivity index is 1.75. The van der Waals surface area contributed by atoms with Crippen LogP contribution in [0.2, 0.25) is 10.0 Å². The van der Waals surface area contributed by atoms with Crippen LogP contribution in [0.25, 0.3) is 0 Å². The topological polar surface area (TPSA) is 75.3 Å². The van der Waals surface area contributed by atoms with Crippen molar-refractivity contribution in [3.8, 4) is 0 Å². The minimum absolute atomic E-state index is 0.00622. The first kappa shape index (κ1) is 18.7. The lowest BCUT2D eigenvalue weighted by Crippen LogP contribution is -2.28. The van der Waals surface area contributed by atoms with Gasteiger partial charge in [0.25, 0.3) is 5.91 Å². The Morgan fingerprint density at radius 1 is 1.24 bits per heavy atom. The molecule has 1 heterocycles. The molecule has 2 N–H and O–H groups in total. The predicted octanol–water partition coefficient (Wildman–Crippen LogP) is 3.47. The summed E-state index contributed by atoms with van der Waals surface area (Å²) < 4.78 is 27.3. The Morgan fingerprint density at radius 3 is 2.64 bits per heavy atom. The third kappa shape index (κ3) is 4.74. The zero-order chi connectivity index (χ0) is 18.0. The number of hydrogen-bond donors (Lipinski definition) is 2. The van der Waals surface area contributed by atoms with Gasteiger partial charge >= 0.3 is 0 Å². The highest BCUT2D eigenvalue weighted by molar-refractivity contribution is 7.89. The summed E-state index contributed by atoms with van der Waals surface area (Å²) >= 11 is 13.7. The maximum Gasteiger partial charge on any atom is 0.252 e. The number of halogens is 2. The normalized spacial score (nSPS) is 14.5. The van der Waals surface area contributed by atoms with E-state index in [1.807, 2.05) is 17.5 Å². The Bertz CT molecular complexity index is 879. The van der Waals surface area contributed by atoms with Crippen LogP contribution in [0.4, 0.5) is 0 Å². The zero-order valence-corrected chi connectivity index (χ0v) is 16.2. The molecule has 1 aliphatic rings. The maximum atomic E-state index is 12.4. The van der Waals surface area contributed by atoms with Gasteiger partial charge in [-0.15, -0.1) is 11.3 Å². The van der Waals surface area contributed by atoms with E-state index < -0.39 is 15.9 Å². The smallest absolute Gasteiger partial charge is 0.252 e. The minimum atomic E-state index is -3.78. The van der Waals surface area contributed by atoms with E-state index in [4.69, 9.17) is 23.2 Å². The molecule has 0 atom stereocenters. The van der Waals surface area contributed by atoms with E-state index in [1.54, 1.807) is 11.3 Å². The van der Waals surface area contributed by atoms with Crippen LogP contribution in [0.15, 0.2) is 34.5 Å². The van der Waals surface area contributed by atoms with Crippen molar-refractivity contribution in [1.82, 2.24) is 10.0 Å². The van der Waals surface area contributed by atoms with Gasteiger partial charge in [0, 0.05) is 17.5 Å². The fourth-order valence-corrected chi connectivity index (χ4v) is 5.12. The molecule has 0 spiro atoms. The molecule has 3 rings (SSSR count). The number of sulfonamides is 1. The third-order valence-electron chi connectivity index (χ3n) is 3.69. The molecule has 0 radical (unpaired) electrons. The summed E-state index contributed by atoms with van der Waals surface area (Å²) in [5.74, 6) is -0.430. The van der Waals surface area contributed by atoms with E-state index >= 15 is 0 Å². The molecule has 1 amide bonds. The SMILES string of the molecule is O=C(NCCc1cccs1)c1cc(S(=O)(=O)NC2CC2)c(Cl)cc1Cl. The molecular weight excluding hydrogens is 403 g/mol. The van der Waals surface area contributed by atoms with Crippen molar-refractivity contribution in [3.05, 3.63) is 50.1 Å². The highest BCUT2D eigenvalue weighted by Gasteiger charge is 2.30. The largest absolute Gasteiger partial charge is 0.352 e. The molecule has 1 aromatic heterocycles. The van der Waals surface area contributed by atoms with Gasteiger partial charge in [0.1, 0.15) is 4.90 Å². The molecule has 5 nitrogen and oxygen atoms in total. The molecule has 0 aliphatic heterocycles. The Hall–Kier alpha value is -1.12. The molecule has 1 saturated carbocycles. The molecular formula is C16H16Cl2N2O3S2. The summed E-state index contributed by atoms with van der Waals surface area (Å²) in [5.41, 5.74) is 0.0911. The van der Waals surface area contributed by atoms with E-state index in [-0.39, 0.29) is 26.5 Å². The quantitative estimate of drug-likeness (QED) is 0.722. The van der Waals surface area contributed by atoms with Crippen LogP contribution >= 0.6 is 34.5 Å². The number of rotatable bonds is 7. The third-order valence-corrected chi connectivity index (χ3v) is 6.93. The summed E-state index contributed by atoms with van der Waals surface area (Å²) in [4.78, 5) is 13.4. The van der Waals surface area contributed by atoms with Crippen LogP contribution in [0.1, 0.15) is 28.1 Å². The Kier molecular flexibility index (Phi) is 5.70. The number of thiophene rings is 1. The number of carbonyl (C=O) groups excluding carboxylic acids is 1. The summed E-state index contributed by atoms with van der Waals surface area (Å²) in [6.07, 6.45) is 2.31. The highest BCUT2D eigenvalue weighted by Crippen LogP contribution is 2.30. The molecule has 9 heteroatoms. The monoisotopic (exact) mass is 418 g/mol. The molecule has 1 aromatic carbocycles. The Labute approximate surface area is 160 Å². The number of hydrogen-bond acceptors (Lipinski definition) is 4. The van der Waals surface area contributed by atoms with Crippen LogP contribution in [-0.4, -0.2) is 26.9 Å².